The van der Waals surface area contributed by atoms with Gasteiger partial charge in [0.2, 0.25) is 0 Å². The van der Waals surface area contributed by atoms with Crippen LogP contribution in [-0.4, -0.2) is 36.9 Å². The summed E-state index contributed by atoms with van der Waals surface area (Å²) in [5.41, 5.74) is -2.01. The van der Waals surface area contributed by atoms with Crippen LogP contribution in [0.4, 0.5) is 0 Å². The first-order valence-corrected chi connectivity index (χ1v) is 13.3. The van der Waals surface area contributed by atoms with Crippen LogP contribution in [0, 0.1) is 0 Å². The van der Waals surface area contributed by atoms with Crippen molar-refractivity contribution in [2.45, 2.75) is 77.8 Å². The van der Waals surface area contributed by atoms with Crippen LogP contribution in [0.1, 0.15) is 55.4 Å². The molecule has 136 valence electrons. The van der Waals surface area contributed by atoms with Crippen molar-refractivity contribution >= 4 is 25.2 Å². The first kappa shape index (κ1) is 18.8. The molecule has 1 aromatic carbocycles. The zero-order chi connectivity index (χ0) is 18.1. The standard InChI is InChI=1S/C18H29O4PSe/c1-15(2)16(3,4)20-23(19-15,24-14-12-10-9-11-13-14)21-17(5,6)18(7,8)22-23/h9-13H,1-8H3. The van der Waals surface area contributed by atoms with E-state index in [9.17, 15) is 0 Å². The molecule has 0 amide bonds. The van der Waals surface area contributed by atoms with E-state index in [1.54, 1.807) is 0 Å². The molecular formula is C18H29O4PSe. The Labute approximate surface area is 151 Å². The van der Waals surface area contributed by atoms with Gasteiger partial charge in [0.15, 0.2) is 0 Å². The average molecular weight is 419 g/mol. The molecule has 24 heavy (non-hydrogen) atoms. The predicted molar refractivity (Wildman–Crippen MR) is 99.4 cm³/mol. The van der Waals surface area contributed by atoms with Gasteiger partial charge in [-0.15, -0.1) is 0 Å². The molecule has 0 aromatic heterocycles. The Balaban J connectivity index is 2.14. The van der Waals surface area contributed by atoms with Crippen LogP contribution in [0.25, 0.3) is 0 Å². The van der Waals surface area contributed by atoms with E-state index in [1.807, 2.05) is 18.2 Å². The second kappa shape index (κ2) is 5.04. The van der Waals surface area contributed by atoms with E-state index >= 15 is 0 Å². The first-order chi connectivity index (χ1) is 10.7. The molecule has 2 aliphatic heterocycles. The van der Waals surface area contributed by atoms with Crippen molar-refractivity contribution < 1.29 is 18.1 Å². The van der Waals surface area contributed by atoms with E-state index in [0.29, 0.717) is 0 Å². The van der Waals surface area contributed by atoms with E-state index < -0.39 is 28.6 Å². The van der Waals surface area contributed by atoms with E-state index in [-0.39, 0.29) is 14.5 Å². The number of benzene rings is 1. The summed E-state index contributed by atoms with van der Waals surface area (Å²) >= 11 is -0.233. The third kappa shape index (κ3) is 2.70. The van der Waals surface area contributed by atoms with Crippen molar-refractivity contribution in [1.29, 1.82) is 0 Å². The van der Waals surface area contributed by atoms with Crippen LogP contribution in [0.3, 0.4) is 0 Å². The number of rotatable bonds is 2. The molecule has 1 aromatic rings. The fraction of sp³-hybridized carbons (Fsp3) is 0.667. The topological polar surface area (TPSA) is 36.9 Å². The van der Waals surface area contributed by atoms with Gasteiger partial charge in [-0.2, -0.15) is 0 Å². The van der Waals surface area contributed by atoms with Crippen molar-refractivity contribution in [2.24, 2.45) is 0 Å². The summed E-state index contributed by atoms with van der Waals surface area (Å²) in [5.74, 6) is 0. The fourth-order valence-corrected chi connectivity index (χ4v) is 16.4. The van der Waals surface area contributed by atoms with Gasteiger partial charge >= 0.3 is 151 Å². The van der Waals surface area contributed by atoms with Gasteiger partial charge in [0, 0.05) is 0 Å². The maximum atomic E-state index is 6.67. The molecular weight excluding hydrogens is 390 g/mol. The predicted octanol–water partition coefficient (Wildman–Crippen LogP) is 4.35. The van der Waals surface area contributed by atoms with Crippen LogP contribution in [0.2, 0.25) is 0 Å². The molecule has 2 saturated heterocycles. The Morgan fingerprint density at radius 2 is 0.958 bits per heavy atom. The van der Waals surface area contributed by atoms with Crippen molar-refractivity contribution in [3.63, 3.8) is 0 Å². The van der Waals surface area contributed by atoms with Crippen LogP contribution in [0.5, 0.6) is 0 Å². The van der Waals surface area contributed by atoms with Crippen molar-refractivity contribution in [1.82, 2.24) is 0 Å². The zero-order valence-electron chi connectivity index (χ0n) is 15.9. The molecule has 0 saturated carbocycles. The fourth-order valence-electron chi connectivity index (χ4n) is 2.77. The monoisotopic (exact) mass is 420 g/mol. The summed E-state index contributed by atoms with van der Waals surface area (Å²) in [5, 5.41) is 0. The van der Waals surface area contributed by atoms with Crippen LogP contribution in [-0.2, 0) is 18.1 Å². The van der Waals surface area contributed by atoms with Crippen molar-refractivity contribution in [3.05, 3.63) is 30.3 Å². The Kier molecular flexibility index (Phi) is 3.95. The van der Waals surface area contributed by atoms with Gasteiger partial charge in [-0.3, -0.25) is 0 Å². The second-order valence-corrected chi connectivity index (χ2v) is 16.9. The summed E-state index contributed by atoms with van der Waals surface area (Å²) in [6.45, 7) is 16.4. The quantitative estimate of drug-likeness (QED) is 0.528. The normalized spacial score (nSPS) is 32.2. The van der Waals surface area contributed by atoms with E-state index in [0.717, 1.165) is 4.46 Å². The summed E-state index contributed by atoms with van der Waals surface area (Å²) in [4.78, 5) is 0. The van der Waals surface area contributed by atoms with Crippen molar-refractivity contribution in [3.8, 4) is 0 Å². The summed E-state index contributed by atoms with van der Waals surface area (Å²) in [6, 6.07) is 10.3. The zero-order valence-corrected chi connectivity index (χ0v) is 18.5. The summed E-state index contributed by atoms with van der Waals surface area (Å²) in [7, 11) is 0. The first-order valence-electron chi connectivity index (χ1n) is 8.34. The minimum absolute atomic E-state index is 0.233. The molecule has 0 unspecified atom stereocenters. The Bertz CT molecular complexity index is 579. The second-order valence-electron chi connectivity index (χ2n) is 8.56. The molecule has 2 aliphatic rings. The van der Waals surface area contributed by atoms with Gasteiger partial charge < -0.3 is 0 Å². The van der Waals surface area contributed by atoms with Crippen molar-refractivity contribution in [2.75, 3.05) is 0 Å². The molecule has 3 rings (SSSR count). The summed E-state index contributed by atoms with van der Waals surface area (Å²) in [6.07, 6.45) is -3.74. The van der Waals surface area contributed by atoms with E-state index in [2.05, 4.69) is 67.5 Å². The molecule has 0 radical (unpaired) electrons. The van der Waals surface area contributed by atoms with Gasteiger partial charge in [-0.05, 0) is 0 Å². The molecule has 1 spiro atoms. The Morgan fingerprint density at radius 3 is 1.29 bits per heavy atom. The SMILES string of the molecule is CC1(C)OP2([Se]c3ccccc3)(OC1(C)C)OC(C)(C)C(C)(C)O2. The summed E-state index contributed by atoms with van der Waals surface area (Å²) < 4.78 is 27.8. The molecule has 0 N–H and O–H groups in total. The van der Waals surface area contributed by atoms with Gasteiger partial charge in [-0.1, -0.05) is 0 Å². The number of hydrogen-bond donors (Lipinski definition) is 0. The molecule has 0 atom stereocenters. The van der Waals surface area contributed by atoms with Gasteiger partial charge in [-0.25, -0.2) is 0 Å². The number of hydrogen-bond acceptors (Lipinski definition) is 4. The maximum absolute atomic E-state index is 6.67. The molecule has 6 heteroatoms. The minimum atomic E-state index is -3.74. The third-order valence-corrected chi connectivity index (χ3v) is 14.6. The Morgan fingerprint density at radius 1 is 0.625 bits per heavy atom. The van der Waals surface area contributed by atoms with Gasteiger partial charge in [0.25, 0.3) is 0 Å². The molecule has 0 aliphatic carbocycles. The third-order valence-electron chi connectivity index (χ3n) is 5.41. The Hall–Kier alpha value is 0.00948. The van der Waals surface area contributed by atoms with Gasteiger partial charge in [0.1, 0.15) is 0 Å². The molecule has 4 nitrogen and oxygen atoms in total. The van der Waals surface area contributed by atoms with E-state index in [1.165, 1.54) is 0 Å². The average Bonchev–Trinajstić information content (AvgIpc) is 2.60. The van der Waals surface area contributed by atoms with Gasteiger partial charge in [0.05, 0.1) is 0 Å². The van der Waals surface area contributed by atoms with Crippen LogP contribution >= 0.6 is 6.20 Å². The van der Waals surface area contributed by atoms with Crippen LogP contribution < -0.4 is 4.46 Å². The molecule has 0 bridgehead atoms. The van der Waals surface area contributed by atoms with Crippen LogP contribution in [0.15, 0.2) is 30.3 Å². The molecule has 2 heterocycles. The molecule has 2 fully saturated rings. The van der Waals surface area contributed by atoms with E-state index in [4.69, 9.17) is 18.1 Å².